The first-order chi connectivity index (χ1) is 15.3. The molecule has 1 atom stereocenters. The summed E-state index contributed by atoms with van der Waals surface area (Å²) in [6.07, 6.45) is 0.489. The molecule has 0 spiro atoms. The summed E-state index contributed by atoms with van der Waals surface area (Å²) < 4.78 is 33.1. The minimum absolute atomic E-state index is 0.0949. The lowest BCUT2D eigenvalue weighted by Crippen LogP contribution is -2.26. The molecule has 0 aromatic heterocycles. The number of nitrogens with one attached hydrogen (secondary N) is 2. The number of carboxylic acids is 1. The van der Waals surface area contributed by atoms with E-state index in [0.29, 0.717) is 12.1 Å². The van der Waals surface area contributed by atoms with Gasteiger partial charge in [-0.15, -0.1) is 0 Å². The van der Waals surface area contributed by atoms with Crippen LogP contribution in [0.1, 0.15) is 34.5 Å². The summed E-state index contributed by atoms with van der Waals surface area (Å²) in [6.45, 7) is 2.09. The Hall–Kier alpha value is -3.36. The van der Waals surface area contributed by atoms with Crippen molar-refractivity contribution in [2.45, 2.75) is 24.3 Å². The van der Waals surface area contributed by atoms with Gasteiger partial charge in [-0.05, 0) is 54.8 Å². The number of ether oxygens (including phenoxy) is 1. The average molecular weight is 455 g/mol. The average Bonchev–Trinajstić information content (AvgIpc) is 2.80. The Labute approximate surface area is 188 Å². The van der Waals surface area contributed by atoms with E-state index in [1.54, 1.807) is 7.11 Å². The maximum Gasteiger partial charge on any atom is 0.337 e. The number of carboxylic acid groups (broad SMARTS) is 1. The topological polar surface area (TPSA) is 105 Å². The number of anilines is 1. The van der Waals surface area contributed by atoms with Gasteiger partial charge in [0.05, 0.1) is 17.6 Å². The molecule has 0 saturated carbocycles. The maximum atomic E-state index is 12.7. The first-order valence-electron chi connectivity index (χ1n) is 10.1. The SMILES string of the molecule is COc1ccc(CCNS(=O)(=O)c2ccc(N[C@@H](C)c3ccccc3)c(C(=O)O)c2)cc1. The zero-order valence-corrected chi connectivity index (χ0v) is 18.7. The van der Waals surface area contributed by atoms with E-state index in [2.05, 4.69) is 10.0 Å². The van der Waals surface area contributed by atoms with Gasteiger partial charge in [0.15, 0.2) is 0 Å². The molecule has 0 aliphatic rings. The normalized spacial score (nSPS) is 12.2. The Bertz CT molecular complexity index is 1160. The van der Waals surface area contributed by atoms with Gasteiger partial charge in [0.2, 0.25) is 10.0 Å². The quantitative estimate of drug-likeness (QED) is 0.426. The van der Waals surface area contributed by atoms with Crippen molar-refractivity contribution in [1.29, 1.82) is 0 Å². The number of benzene rings is 3. The van der Waals surface area contributed by atoms with Crippen molar-refractivity contribution >= 4 is 21.7 Å². The van der Waals surface area contributed by atoms with Crippen molar-refractivity contribution in [2.24, 2.45) is 0 Å². The van der Waals surface area contributed by atoms with Crippen molar-refractivity contribution in [3.63, 3.8) is 0 Å². The van der Waals surface area contributed by atoms with Gasteiger partial charge < -0.3 is 15.2 Å². The third kappa shape index (κ3) is 5.87. The van der Waals surface area contributed by atoms with E-state index in [4.69, 9.17) is 4.74 Å². The largest absolute Gasteiger partial charge is 0.497 e. The number of methoxy groups -OCH3 is 1. The van der Waals surface area contributed by atoms with Crippen molar-refractivity contribution in [2.75, 3.05) is 19.0 Å². The molecular weight excluding hydrogens is 428 g/mol. The second-order valence-corrected chi connectivity index (χ2v) is 9.05. The second kappa shape index (κ2) is 10.3. The standard InChI is InChI=1S/C24H26N2O5S/c1-17(19-6-4-3-5-7-19)26-23-13-12-21(16-22(23)24(27)28)32(29,30)25-15-14-18-8-10-20(31-2)11-9-18/h3-13,16-17,25-26H,14-15H2,1-2H3,(H,27,28)/t17-/m0/s1. The number of sulfonamides is 1. The van der Waals surface area contributed by atoms with Crippen LogP contribution in [0.2, 0.25) is 0 Å². The molecule has 0 radical (unpaired) electrons. The number of hydrogen-bond acceptors (Lipinski definition) is 5. The Balaban J connectivity index is 1.72. The first-order valence-corrected chi connectivity index (χ1v) is 11.6. The zero-order valence-electron chi connectivity index (χ0n) is 17.9. The molecular formula is C24H26N2O5S. The fourth-order valence-electron chi connectivity index (χ4n) is 3.26. The molecule has 0 amide bonds. The zero-order chi connectivity index (χ0) is 23.1. The van der Waals surface area contributed by atoms with Crippen molar-refractivity contribution in [3.8, 4) is 5.75 Å². The number of rotatable bonds is 10. The van der Waals surface area contributed by atoms with Crippen LogP contribution >= 0.6 is 0 Å². The van der Waals surface area contributed by atoms with E-state index >= 15 is 0 Å². The van der Waals surface area contributed by atoms with E-state index in [9.17, 15) is 18.3 Å². The van der Waals surface area contributed by atoms with Gasteiger partial charge in [0, 0.05) is 18.3 Å². The molecule has 7 nitrogen and oxygen atoms in total. The summed E-state index contributed by atoms with van der Waals surface area (Å²) >= 11 is 0. The highest BCUT2D eigenvalue weighted by molar-refractivity contribution is 7.89. The molecule has 0 aliphatic heterocycles. The minimum Gasteiger partial charge on any atom is -0.497 e. The summed E-state index contributed by atoms with van der Waals surface area (Å²) in [6, 6.07) is 20.8. The van der Waals surface area contributed by atoms with Crippen LogP contribution in [0.5, 0.6) is 5.75 Å². The smallest absolute Gasteiger partial charge is 0.337 e. The van der Waals surface area contributed by atoms with Gasteiger partial charge >= 0.3 is 5.97 Å². The van der Waals surface area contributed by atoms with Crippen LogP contribution < -0.4 is 14.8 Å². The van der Waals surface area contributed by atoms with Crippen LogP contribution in [0.4, 0.5) is 5.69 Å². The van der Waals surface area contributed by atoms with E-state index in [-0.39, 0.29) is 23.0 Å². The lowest BCUT2D eigenvalue weighted by molar-refractivity contribution is 0.0697. The predicted molar refractivity (Wildman–Crippen MR) is 124 cm³/mol. The van der Waals surface area contributed by atoms with Crippen LogP contribution in [-0.4, -0.2) is 33.1 Å². The molecule has 0 fully saturated rings. The van der Waals surface area contributed by atoms with Gasteiger partial charge in [0.25, 0.3) is 0 Å². The highest BCUT2D eigenvalue weighted by atomic mass is 32.2. The number of hydrogen-bond donors (Lipinski definition) is 3. The Morgan fingerprint density at radius 3 is 2.34 bits per heavy atom. The van der Waals surface area contributed by atoms with Crippen LogP contribution in [0.15, 0.2) is 77.7 Å². The molecule has 0 bridgehead atoms. The number of aromatic carboxylic acids is 1. The summed E-state index contributed by atoms with van der Waals surface area (Å²) in [5.41, 5.74) is 2.19. The van der Waals surface area contributed by atoms with Crippen molar-refractivity contribution in [3.05, 3.63) is 89.5 Å². The van der Waals surface area contributed by atoms with E-state index in [1.165, 1.54) is 18.2 Å². The molecule has 168 valence electrons. The Morgan fingerprint density at radius 1 is 1.03 bits per heavy atom. The van der Waals surface area contributed by atoms with Gasteiger partial charge in [-0.1, -0.05) is 42.5 Å². The molecule has 3 rings (SSSR count). The Morgan fingerprint density at radius 2 is 1.72 bits per heavy atom. The molecule has 8 heteroatoms. The van der Waals surface area contributed by atoms with Gasteiger partial charge in [-0.25, -0.2) is 17.9 Å². The third-order valence-corrected chi connectivity index (χ3v) is 6.53. The highest BCUT2D eigenvalue weighted by Crippen LogP contribution is 2.25. The van der Waals surface area contributed by atoms with Crippen molar-refractivity contribution in [1.82, 2.24) is 4.72 Å². The minimum atomic E-state index is -3.86. The summed E-state index contributed by atoms with van der Waals surface area (Å²) in [5, 5.41) is 12.8. The van der Waals surface area contributed by atoms with Gasteiger partial charge in [-0.3, -0.25) is 0 Å². The molecule has 0 heterocycles. The molecule has 0 saturated heterocycles. The highest BCUT2D eigenvalue weighted by Gasteiger charge is 2.20. The van der Waals surface area contributed by atoms with Crippen LogP contribution in [-0.2, 0) is 16.4 Å². The molecule has 3 aromatic carbocycles. The predicted octanol–water partition coefficient (Wildman–Crippen LogP) is 4.09. The van der Waals surface area contributed by atoms with Crippen molar-refractivity contribution < 1.29 is 23.1 Å². The summed E-state index contributed by atoms with van der Waals surface area (Å²) in [7, 11) is -2.28. The van der Waals surface area contributed by atoms with Gasteiger partial charge in [0.1, 0.15) is 5.75 Å². The van der Waals surface area contributed by atoms with Gasteiger partial charge in [-0.2, -0.15) is 0 Å². The summed E-state index contributed by atoms with van der Waals surface area (Å²) in [4.78, 5) is 11.7. The first kappa shape index (κ1) is 23.3. The molecule has 32 heavy (non-hydrogen) atoms. The molecule has 3 aromatic rings. The van der Waals surface area contributed by atoms with E-state index < -0.39 is 16.0 Å². The summed E-state index contributed by atoms with van der Waals surface area (Å²) in [5.74, 6) is -0.478. The third-order valence-electron chi connectivity index (χ3n) is 5.07. The van der Waals surface area contributed by atoms with Crippen LogP contribution in [0.25, 0.3) is 0 Å². The molecule has 0 aliphatic carbocycles. The fraction of sp³-hybridized carbons (Fsp3) is 0.208. The molecule has 3 N–H and O–H groups in total. The van der Waals surface area contributed by atoms with E-state index in [0.717, 1.165) is 16.9 Å². The Kier molecular flexibility index (Phi) is 7.50. The van der Waals surface area contributed by atoms with Crippen LogP contribution in [0.3, 0.4) is 0 Å². The van der Waals surface area contributed by atoms with Crippen LogP contribution in [0, 0.1) is 0 Å². The lowest BCUT2D eigenvalue weighted by Gasteiger charge is -2.18. The molecule has 0 unspecified atom stereocenters. The maximum absolute atomic E-state index is 12.7. The lowest BCUT2D eigenvalue weighted by atomic mass is 10.1. The monoisotopic (exact) mass is 454 g/mol. The number of carbonyl (C=O) groups is 1. The fourth-order valence-corrected chi connectivity index (χ4v) is 4.31. The van der Waals surface area contributed by atoms with E-state index in [1.807, 2.05) is 61.5 Å². The second-order valence-electron chi connectivity index (χ2n) is 7.29.